The predicted octanol–water partition coefficient (Wildman–Crippen LogP) is 5.17. The maximum absolute atomic E-state index is 4.58. The largest absolute Gasteiger partial charge is 0.352 e. The van der Waals surface area contributed by atoms with Gasteiger partial charge in [-0.15, -0.1) is 0 Å². The van der Waals surface area contributed by atoms with Crippen LogP contribution < -0.4 is 10.6 Å². The molecule has 0 aliphatic carbocycles. The van der Waals surface area contributed by atoms with Gasteiger partial charge in [-0.05, 0) is 56.7 Å². The Morgan fingerprint density at radius 3 is 2.52 bits per heavy atom. The molecule has 25 heavy (non-hydrogen) atoms. The topological polar surface area (TPSA) is 62.7 Å². The zero-order valence-electron chi connectivity index (χ0n) is 14.4. The van der Waals surface area contributed by atoms with Crippen LogP contribution in [-0.2, 0) is 0 Å². The van der Waals surface area contributed by atoms with Crippen LogP contribution in [-0.4, -0.2) is 21.0 Å². The van der Waals surface area contributed by atoms with Crippen molar-refractivity contribution < 1.29 is 0 Å². The van der Waals surface area contributed by atoms with Crippen LogP contribution in [0.1, 0.15) is 19.4 Å². The number of nitrogens with zero attached hydrogens (tertiary/aromatic N) is 3. The van der Waals surface area contributed by atoms with E-state index < -0.39 is 0 Å². The summed E-state index contributed by atoms with van der Waals surface area (Å²) in [7, 11) is 0. The third-order valence-electron chi connectivity index (χ3n) is 3.50. The summed E-state index contributed by atoms with van der Waals surface area (Å²) in [6.45, 7) is 6.17. The first-order valence-corrected chi connectivity index (χ1v) is 8.91. The van der Waals surface area contributed by atoms with E-state index in [9.17, 15) is 0 Å². The molecule has 1 aromatic carbocycles. The van der Waals surface area contributed by atoms with E-state index in [2.05, 4.69) is 68.4 Å². The smallest absolute Gasteiger partial charge is 0.225 e. The first-order chi connectivity index (χ1) is 12.0. The van der Waals surface area contributed by atoms with Crippen molar-refractivity contribution >= 4 is 33.4 Å². The number of benzene rings is 1. The Kier molecular flexibility index (Phi) is 5.28. The van der Waals surface area contributed by atoms with Crippen molar-refractivity contribution in [2.45, 2.75) is 26.8 Å². The van der Waals surface area contributed by atoms with E-state index >= 15 is 0 Å². The predicted molar refractivity (Wildman–Crippen MR) is 106 cm³/mol. The number of hydrogen-bond acceptors (Lipinski definition) is 5. The molecule has 128 valence electrons. The van der Waals surface area contributed by atoms with Crippen LogP contribution in [0.3, 0.4) is 0 Å². The van der Waals surface area contributed by atoms with Crippen LogP contribution in [0, 0.1) is 6.92 Å². The van der Waals surface area contributed by atoms with Gasteiger partial charge in [0.15, 0.2) is 0 Å². The van der Waals surface area contributed by atoms with Gasteiger partial charge >= 0.3 is 0 Å². The summed E-state index contributed by atoms with van der Waals surface area (Å²) >= 11 is 3.52. The van der Waals surface area contributed by atoms with E-state index in [0.29, 0.717) is 5.95 Å². The number of aromatic nitrogens is 3. The Labute approximate surface area is 156 Å². The Morgan fingerprint density at radius 1 is 1.00 bits per heavy atom. The SMILES string of the molecule is Cc1cc(Nc2cc(-c3ccccn3)nc(NC(C)C)n2)ccc1Br. The molecule has 2 N–H and O–H groups in total. The van der Waals surface area contributed by atoms with Gasteiger partial charge < -0.3 is 10.6 Å². The quantitative estimate of drug-likeness (QED) is 0.621. The van der Waals surface area contributed by atoms with Gasteiger partial charge in [0.25, 0.3) is 0 Å². The van der Waals surface area contributed by atoms with E-state index in [1.807, 2.05) is 36.4 Å². The lowest BCUT2D eigenvalue weighted by Crippen LogP contribution is -2.13. The number of halogens is 1. The number of rotatable bonds is 5. The second kappa shape index (κ2) is 7.61. The van der Waals surface area contributed by atoms with Crippen molar-refractivity contribution in [3.63, 3.8) is 0 Å². The molecule has 3 aromatic rings. The average molecular weight is 398 g/mol. The van der Waals surface area contributed by atoms with Gasteiger partial charge in [-0.1, -0.05) is 22.0 Å². The van der Waals surface area contributed by atoms with Crippen LogP contribution in [0.4, 0.5) is 17.5 Å². The third kappa shape index (κ3) is 4.54. The van der Waals surface area contributed by atoms with E-state index in [0.717, 1.165) is 32.9 Å². The number of aryl methyl sites for hydroxylation is 1. The summed E-state index contributed by atoms with van der Waals surface area (Å²) in [6.07, 6.45) is 1.76. The molecule has 3 rings (SSSR count). The van der Waals surface area contributed by atoms with E-state index in [1.54, 1.807) is 6.20 Å². The summed E-state index contributed by atoms with van der Waals surface area (Å²) in [4.78, 5) is 13.5. The van der Waals surface area contributed by atoms with Gasteiger partial charge in [0, 0.05) is 28.5 Å². The standard InChI is InChI=1S/C19H20BrN5/c1-12(2)22-19-24-17(16-6-4-5-9-21-16)11-18(25-19)23-14-7-8-15(20)13(3)10-14/h4-12H,1-3H3,(H2,22,23,24,25). The molecule has 0 saturated heterocycles. The summed E-state index contributed by atoms with van der Waals surface area (Å²) < 4.78 is 1.08. The lowest BCUT2D eigenvalue weighted by molar-refractivity contribution is 0.875. The molecule has 2 heterocycles. The molecule has 0 fully saturated rings. The van der Waals surface area contributed by atoms with E-state index in [-0.39, 0.29) is 6.04 Å². The van der Waals surface area contributed by atoms with Crippen molar-refractivity contribution in [1.29, 1.82) is 0 Å². The average Bonchev–Trinajstić information content (AvgIpc) is 2.58. The van der Waals surface area contributed by atoms with Crippen molar-refractivity contribution in [3.8, 4) is 11.4 Å². The van der Waals surface area contributed by atoms with Gasteiger partial charge in [0.05, 0.1) is 11.4 Å². The minimum absolute atomic E-state index is 0.238. The van der Waals surface area contributed by atoms with Crippen LogP contribution in [0.2, 0.25) is 0 Å². The van der Waals surface area contributed by atoms with Crippen molar-refractivity contribution in [2.24, 2.45) is 0 Å². The molecule has 0 amide bonds. The van der Waals surface area contributed by atoms with Crippen molar-refractivity contribution in [1.82, 2.24) is 15.0 Å². The van der Waals surface area contributed by atoms with E-state index in [1.165, 1.54) is 0 Å². The van der Waals surface area contributed by atoms with Gasteiger partial charge in [-0.3, -0.25) is 4.98 Å². The molecule has 0 radical (unpaired) electrons. The number of nitrogens with one attached hydrogen (secondary N) is 2. The first kappa shape index (κ1) is 17.4. The molecule has 0 bridgehead atoms. The second-order valence-electron chi connectivity index (χ2n) is 6.07. The highest BCUT2D eigenvalue weighted by atomic mass is 79.9. The monoisotopic (exact) mass is 397 g/mol. The van der Waals surface area contributed by atoms with Crippen LogP contribution in [0.15, 0.2) is 53.1 Å². The normalized spacial score (nSPS) is 10.8. The lowest BCUT2D eigenvalue weighted by atomic mass is 10.2. The minimum atomic E-state index is 0.238. The van der Waals surface area contributed by atoms with Crippen LogP contribution >= 0.6 is 15.9 Å². The summed E-state index contributed by atoms with van der Waals surface area (Å²) in [5.74, 6) is 1.30. The number of hydrogen-bond donors (Lipinski definition) is 2. The fourth-order valence-corrected chi connectivity index (χ4v) is 2.60. The molecule has 0 aliphatic heterocycles. The van der Waals surface area contributed by atoms with Crippen molar-refractivity contribution in [2.75, 3.05) is 10.6 Å². The highest BCUT2D eigenvalue weighted by Gasteiger charge is 2.09. The molecule has 0 atom stereocenters. The minimum Gasteiger partial charge on any atom is -0.352 e. The van der Waals surface area contributed by atoms with Gasteiger partial charge in [-0.25, -0.2) is 4.98 Å². The summed E-state index contributed by atoms with van der Waals surface area (Å²) in [5.41, 5.74) is 3.72. The third-order valence-corrected chi connectivity index (χ3v) is 4.39. The first-order valence-electron chi connectivity index (χ1n) is 8.11. The molecule has 5 nitrogen and oxygen atoms in total. The molecule has 2 aromatic heterocycles. The zero-order chi connectivity index (χ0) is 17.8. The molecule has 0 unspecified atom stereocenters. The van der Waals surface area contributed by atoms with Crippen LogP contribution in [0.25, 0.3) is 11.4 Å². The Bertz CT molecular complexity index is 865. The Morgan fingerprint density at radius 2 is 1.84 bits per heavy atom. The maximum atomic E-state index is 4.58. The van der Waals surface area contributed by atoms with Gasteiger partial charge in [0.2, 0.25) is 5.95 Å². The van der Waals surface area contributed by atoms with Gasteiger partial charge in [0.1, 0.15) is 5.82 Å². The fraction of sp³-hybridized carbons (Fsp3) is 0.211. The van der Waals surface area contributed by atoms with Crippen molar-refractivity contribution in [3.05, 3.63) is 58.7 Å². The lowest BCUT2D eigenvalue weighted by Gasteiger charge is -2.13. The van der Waals surface area contributed by atoms with Gasteiger partial charge in [-0.2, -0.15) is 4.98 Å². The van der Waals surface area contributed by atoms with E-state index in [4.69, 9.17) is 0 Å². The number of pyridine rings is 1. The summed E-state index contributed by atoms with van der Waals surface area (Å²) in [6, 6.07) is 14.0. The second-order valence-corrected chi connectivity index (χ2v) is 6.92. The molecule has 6 heteroatoms. The molecule has 0 spiro atoms. The summed E-state index contributed by atoms with van der Waals surface area (Å²) in [5, 5.41) is 6.62. The molecule has 0 saturated carbocycles. The fourth-order valence-electron chi connectivity index (χ4n) is 2.35. The number of anilines is 3. The molecular formula is C19H20BrN5. The Hall–Kier alpha value is -2.47. The van der Waals surface area contributed by atoms with Crippen LogP contribution in [0.5, 0.6) is 0 Å². The highest BCUT2D eigenvalue weighted by Crippen LogP contribution is 2.25. The molecular weight excluding hydrogens is 378 g/mol. The molecule has 0 aliphatic rings. The maximum Gasteiger partial charge on any atom is 0.225 e. The zero-order valence-corrected chi connectivity index (χ0v) is 16.0. The highest BCUT2D eigenvalue weighted by molar-refractivity contribution is 9.10. The Balaban J connectivity index is 1.98.